The number of hydrogen-bond acceptors (Lipinski definition) is 3. The van der Waals surface area contributed by atoms with Gasteiger partial charge >= 0.3 is 0 Å². The fourth-order valence-electron chi connectivity index (χ4n) is 5.29. The number of para-hydroxylation sites is 1. The highest BCUT2D eigenvalue weighted by Crippen LogP contribution is 2.51. The van der Waals surface area contributed by atoms with Crippen LogP contribution in [0.3, 0.4) is 0 Å². The second kappa shape index (κ2) is 7.90. The van der Waals surface area contributed by atoms with E-state index in [4.69, 9.17) is 0 Å². The molecule has 2 aliphatic rings. The van der Waals surface area contributed by atoms with E-state index in [1.165, 1.54) is 0 Å². The van der Waals surface area contributed by atoms with Gasteiger partial charge in [-0.3, -0.25) is 9.59 Å². The predicted octanol–water partition coefficient (Wildman–Crippen LogP) is 6.51. The predicted molar refractivity (Wildman–Crippen MR) is 128 cm³/mol. The molecule has 1 aliphatic carbocycles. The van der Waals surface area contributed by atoms with Crippen LogP contribution in [0.25, 0.3) is 0 Å². The van der Waals surface area contributed by atoms with Crippen molar-refractivity contribution in [2.45, 2.75) is 38.5 Å². The van der Waals surface area contributed by atoms with Crippen molar-refractivity contribution in [3.05, 3.63) is 113 Å². The fourth-order valence-corrected chi connectivity index (χ4v) is 5.29. The molecule has 0 aromatic heterocycles. The molecule has 160 valence electrons. The number of nitrogens with one attached hydrogen (secondary N) is 1. The Bertz CT molecular complexity index is 1210. The van der Waals surface area contributed by atoms with Gasteiger partial charge in [0.1, 0.15) is 0 Å². The Kier molecular flexibility index (Phi) is 5.05. The third-order valence-corrected chi connectivity index (χ3v) is 6.65. The second-order valence-corrected chi connectivity index (χ2v) is 9.64. The zero-order valence-electron chi connectivity index (χ0n) is 18.5. The van der Waals surface area contributed by atoms with Crippen LogP contribution in [0.2, 0.25) is 0 Å². The zero-order valence-corrected chi connectivity index (χ0v) is 18.5. The minimum atomic E-state index is -0.485. The highest BCUT2D eigenvalue weighted by molar-refractivity contribution is 6.07. The van der Waals surface area contributed by atoms with E-state index >= 15 is 0 Å². The lowest BCUT2D eigenvalue weighted by molar-refractivity contribution is -0.118. The molecule has 3 aromatic rings. The number of rotatable bonds is 3. The Hall–Kier alpha value is -3.46. The topological polar surface area (TPSA) is 46.2 Å². The molecule has 1 aliphatic heterocycles. The molecule has 3 heteroatoms. The SMILES string of the molecule is CC1(C)CC(=O)C2=C(C1)Nc1ccccc1C(C(=O)c1ccccc1)C2c1ccccc1. The van der Waals surface area contributed by atoms with E-state index in [1.54, 1.807) is 0 Å². The molecular weight excluding hydrogens is 394 g/mol. The lowest BCUT2D eigenvalue weighted by Gasteiger charge is -2.35. The van der Waals surface area contributed by atoms with Crippen LogP contribution in [-0.4, -0.2) is 11.6 Å². The highest BCUT2D eigenvalue weighted by Gasteiger charge is 2.44. The first-order chi connectivity index (χ1) is 15.4. The van der Waals surface area contributed by atoms with Crippen molar-refractivity contribution in [1.29, 1.82) is 0 Å². The van der Waals surface area contributed by atoms with Gasteiger partial charge in [0.2, 0.25) is 0 Å². The van der Waals surface area contributed by atoms with Crippen LogP contribution in [0.15, 0.2) is 96.2 Å². The van der Waals surface area contributed by atoms with Gasteiger partial charge in [0.15, 0.2) is 11.6 Å². The Morgan fingerprint density at radius 1 is 0.844 bits per heavy atom. The van der Waals surface area contributed by atoms with Gasteiger partial charge in [-0.2, -0.15) is 0 Å². The summed E-state index contributed by atoms with van der Waals surface area (Å²) < 4.78 is 0. The lowest BCUT2D eigenvalue weighted by Crippen LogP contribution is -2.32. The third-order valence-electron chi connectivity index (χ3n) is 6.65. The Labute approximate surface area is 189 Å². The molecule has 0 amide bonds. The van der Waals surface area contributed by atoms with Crippen molar-refractivity contribution in [2.24, 2.45) is 5.41 Å². The van der Waals surface area contributed by atoms with E-state index in [0.29, 0.717) is 12.0 Å². The fraction of sp³-hybridized carbons (Fsp3) is 0.241. The number of ketones is 2. The van der Waals surface area contributed by atoms with Crippen molar-refractivity contribution in [3.8, 4) is 0 Å². The molecule has 0 bridgehead atoms. The number of hydrogen-bond donors (Lipinski definition) is 1. The summed E-state index contributed by atoms with van der Waals surface area (Å²) in [6, 6.07) is 27.5. The molecule has 0 radical (unpaired) electrons. The van der Waals surface area contributed by atoms with Crippen molar-refractivity contribution in [1.82, 2.24) is 0 Å². The molecule has 2 unspecified atom stereocenters. The highest BCUT2D eigenvalue weighted by atomic mass is 16.1. The number of allylic oxidation sites excluding steroid dienone is 2. The first kappa shape index (κ1) is 20.4. The van der Waals surface area contributed by atoms with E-state index in [2.05, 4.69) is 19.2 Å². The molecule has 2 atom stereocenters. The Balaban J connectivity index is 1.79. The Morgan fingerprint density at radius 2 is 1.47 bits per heavy atom. The van der Waals surface area contributed by atoms with Crippen LogP contribution in [0.5, 0.6) is 0 Å². The summed E-state index contributed by atoms with van der Waals surface area (Å²) in [6.07, 6.45) is 1.26. The summed E-state index contributed by atoms with van der Waals surface area (Å²) >= 11 is 0. The molecule has 32 heavy (non-hydrogen) atoms. The number of carbonyl (C=O) groups excluding carboxylic acids is 2. The quantitative estimate of drug-likeness (QED) is 0.491. The maximum atomic E-state index is 14.0. The van der Waals surface area contributed by atoms with Crippen LogP contribution in [-0.2, 0) is 4.79 Å². The monoisotopic (exact) mass is 421 g/mol. The second-order valence-electron chi connectivity index (χ2n) is 9.64. The molecule has 0 saturated carbocycles. The average molecular weight is 422 g/mol. The number of anilines is 1. The zero-order chi connectivity index (χ0) is 22.3. The summed E-state index contributed by atoms with van der Waals surface area (Å²) in [4.78, 5) is 27.7. The van der Waals surface area contributed by atoms with Crippen molar-refractivity contribution in [3.63, 3.8) is 0 Å². The van der Waals surface area contributed by atoms with Gasteiger partial charge in [0.25, 0.3) is 0 Å². The summed E-state index contributed by atoms with van der Waals surface area (Å²) in [5, 5.41) is 3.59. The van der Waals surface area contributed by atoms with Crippen molar-refractivity contribution in [2.75, 3.05) is 5.32 Å². The van der Waals surface area contributed by atoms with Crippen LogP contribution in [0, 0.1) is 5.41 Å². The molecule has 1 N–H and O–H groups in total. The van der Waals surface area contributed by atoms with Crippen LogP contribution < -0.4 is 5.32 Å². The first-order valence-corrected chi connectivity index (χ1v) is 11.2. The summed E-state index contributed by atoms with van der Waals surface area (Å²) in [7, 11) is 0. The average Bonchev–Trinajstić information content (AvgIpc) is 2.93. The van der Waals surface area contributed by atoms with E-state index in [0.717, 1.165) is 34.5 Å². The molecule has 0 spiro atoms. The smallest absolute Gasteiger partial charge is 0.171 e. The van der Waals surface area contributed by atoms with Crippen molar-refractivity contribution < 1.29 is 9.59 Å². The van der Waals surface area contributed by atoms with E-state index in [-0.39, 0.29) is 22.9 Å². The summed E-state index contributed by atoms with van der Waals surface area (Å²) in [5.41, 5.74) is 5.12. The van der Waals surface area contributed by atoms with Crippen molar-refractivity contribution >= 4 is 17.3 Å². The number of Topliss-reactive ketones (excluding diaryl/α,β-unsaturated/α-hetero) is 2. The van der Waals surface area contributed by atoms with E-state index in [9.17, 15) is 9.59 Å². The van der Waals surface area contributed by atoms with Gasteiger partial charge in [0.05, 0.1) is 5.92 Å². The maximum Gasteiger partial charge on any atom is 0.171 e. The summed E-state index contributed by atoms with van der Waals surface area (Å²) in [6.45, 7) is 4.27. The van der Waals surface area contributed by atoms with Gasteiger partial charge < -0.3 is 5.32 Å². The largest absolute Gasteiger partial charge is 0.358 e. The van der Waals surface area contributed by atoms with Gasteiger partial charge in [-0.15, -0.1) is 0 Å². The van der Waals surface area contributed by atoms with Crippen LogP contribution in [0.4, 0.5) is 5.69 Å². The maximum absolute atomic E-state index is 14.0. The number of fused-ring (bicyclic) bond motifs is 1. The van der Waals surface area contributed by atoms with Gasteiger partial charge in [0, 0.05) is 34.9 Å². The number of benzene rings is 3. The standard InChI is InChI=1S/C29H27NO2/c1-29(2)17-23-27(24(31)18-29)25(19-11-5-3-6-12-19)26(21-15-9-10-16-22(21)30-23)28(32)20-13-7-4-8-14-20/h3-16,25-26,30H,17-18H2,1-2H3. The molecular formula is C29H27NO2. The third kappa shape index (κ3) is 3.58. The first-order valence-electron chi connectivity index (χ1n) is 11.2. The molecule has 1 heterocycles. The molecule has 3 aromatic carbocycles. The normalized spacial score (nSPS) is 21.8. The van der Waals surface area contributed by atoms with Gasteiger partial charge in [-0.05, 0) is 29.0 Å². The number of carbonyl (C=O) groups is 2. The summed E-state index contributed by atoms with van der Waals surface area (Å²) in [5.74, 6) is -0.642. The van der Waals surface area contributed by atoms with Gasteiger partial charge in [-0.25, -0.2) is 0 Å². The Morgan fingerprint density at radius 3 is 2.19 bits per heavy atom. The van der Waals surface area contributed by atoms with Crippen LogP contribution >= 0.6 is 0 Å². The molecule has 0 fully saturated rings. The molecule has 5 rings (SSSR count). The van der Waals surface area contributed by atoms with E-state index in [1.807, 2.05) is 84.9 Å². The van der Waals surface area contributed by atoms with Gasteiger partial charge in [-0.1, -0.05) is 92.7 Å². The minimum Gasteiger partial charge on any atom is -0.358 e. The molecule has 0 saturated heterocycles. The molecule has 3 nitrogen and oxygen atoms in total. The van der Waals surface area contributed by atoms with Crippen LogP contribution in [0.1, 0.15) is 60.0 Å². The lowest BCUT2D eigenvalue weighted by atomic mass is 9.67. The van der Waals surface area contributed by atoms with E-state index < -0.39 is 5.92 Å². The minimum absolute atomic E-state index is 0.0417.